The fraction of sp³-hybridized carbons (Fsp3) is 0.387. The van der Waals surface area contributed by atoms with E-state index in [-0.39, 0.29) is 140 Å². The zero-order valence-electron chi connectivity index (χ0n) is 56.5. The van der Waals surface area contributed by atoms with Crippen LogP contribution in [0.4, 0.5) is 0 Å². The van der Waals surface area contributed by atoms with Crippen LogP contribution in [0.1, 0.15) is 125 Å². The number of nitrogens with one attached hydrogen (secondary N) is 5. The van der Waals surface area contributed by atoms with Crippen LogP contribution in [-0.2, 0) is 66.1 Å². The van der Waals surface area contributed by atoms with Gasteiger partial charge in [-0.05, 0) is 59.5 Å². The number of esters is 2. The number of cyclic esters (lactones) is 2. The Balaban J connectivity index is 0.0000110. The van der Waals surface area contributed by atoms with E-state index in [9.17, 15) is 52.7 Å². The normalized spacial score (nSPS) is 23.6. The predicted octanol–water partition coefficient (Wildman–Crippen LogP) is -0.0137. The maximum atomic E-state index is 15.2. The first kappa shape index (κ1) is 78.1. The molecule has 105 heavy (non-hydrogen) atoms. The number of carbonyl (C=O) groups excluding carboxylic acids is 8. The topological polar surface area (TPSA) is 502 Å². The molecule has 43 heteroatoms. The number of thiazole rings is 5. The molecule has 550 valence electrons. The minimum Gasteiger partial charge on any atom is -0.748 e. The number of aromatic hydroxyl groups is 1. The number of likely N-dealkylation sites (N-methyl/N-ethyl adjacent to an activating group) is 1. The number of nitrogens with zero attached hydrogens (tertiary/aromatic N) is 8. The van der Waals surface area contributed by atoms with Crippen LogP contribution in [-0.4, -0.2) is 213 Å². The zero-order chi connectivity index (χ0) is 74.5. The van der Waals surface area contributed by atoms with Crippen molar-refractivity contribution < 1.29 is 130 Å². The molecule has 11 heterocycles. The Hall–Kier alpha value is -8.02. The van der Waals surface area contributed by atoms with Crippen LogP contribution in [0.25, 0.3) is 49.3 Å². The number of benzene rings is 1. The largest absolute Gasteiger partial charge is 1.00 e. The number of pyridine rings is 1. The van der Waals surface area contributed by atoms with Crippen molar-refractivity contribution >= 4 is 143 Å². The molecule has 11 atom stereocenters. The third kappa shape index (κ3) is 16.6. The molecule has 0 aliphatic carbocycles. The summed E-state index contributed by atoms with van der Waals surface area (Å²) in [6, 6.07) is 0.415. The van der Waals surface area contributed by atoms with E-state index in [0.717, 1.165) is 56.7 Å². The van der Waals surface area contributed by atoms with Gasteiger partial charge in [0, 0.05) is 61.3 Å². The first-order chi connectivity index (χ1) is 49.4. The van der Waals surface area contributed by atoms with Gasteiger partial charge in [-0.3, -0.25) is 28.8 Å². The van der Waals surface area contributed by atoms with Gasteiger partial charge in [-0.25, -0.2) is 47.9 Å². The number of aliphatic hydroxyl groups excluding tert-OH is 1. The van der Waals surface area contributed by atoms with Crippen molar-refractivity contribution in [1.82, 2.24) is 66.1 Å². The van der Waals surface area contributed by atoms with Crippen molar-refractivity contribution in [3.05, 3.63) is 112 Å². The van der Waals surface area contributed by atoms with Gasteiger partial charge in [-0.2, -0.15) is 4.73 Å². The SMILES string of the molecule is CO/C(C)=C1/NC(=O)C([C@@H](C)O)NC(=O)c2csc(n2)-c2cc(O)c(-c3nc(C(=O)NC(SCCS(=O)(=O)[O-])C(N)=O)cs3)nc2-c2csc(n2)[C@@H]2COC(=O)c3c4c5c(cccc5n3O)COC(=O)[C@@H](O[C@H]3C[C@](C)(O)[C@H](N(C)C)[C@H](C)O3)[C@@H](OC4)[C@H](NC(=O)c3csc1n3)c1nc(cs1)C(=O)N2.[Na+]. The standard InChI is InChI=1S/C62H64N14O21S7.Na/c1-23(77)39-53(84)72-40(24(2)92-7)56-67-33(21-101-56)51(82)73-43-45-46(97-37-14-62(4,87)47(75(5)6)25(3)96-37)61(86)94-15-26-9-8-10-35-38(26)28(16-93-45)44(76(35)88)60(85)95-17-29(64-49(80)31-20-103-58(43)69-31)55-65-30(18-100-55)41-27(54-66-32(19-99-54)50(81)71-39)13-36(78)42(70-41)57-68-34(22-102-57)52(83)74-59(48(63)79)98-11-12-104(89,90)91;/h8-10,13,18-23,25,29,37,39,43,45-47,59,77-78,87-88H,11-12,14-17H2,1-7H3,(H2,63,79)(H,64,80)(H,71,81)(H,72,84)(H,73,82)(H,74,83)(H,89,90,91);/q;+1/p-1/b40-24+;/t23-,25+,29+,37+,39?,43+,45+,46+,47-,59?,62+;/m1./s1. The molecule has 4 aliphatic rings. The van der Waals surface area contributed by atoms with E-state index in [2.05, 4.69) is 41.5 Å². The van der Waals surface area contributed by atoms with Crippen LogP contribution >= 0.6 is 68.4 Å². The number of ether oxygens (including phenoxy) is 6. The molecule has 1 fully saturated rings. The second kappa shape index (κ2) is 31.8. The number of amides is 6. The number of aromatic nitrogens is 7. The third-order valence-electron chi connectivity index (χ3n) is 16.9. The molecule has 4 aliphatic heterocycles. The Bertz CT molecular complexity index is 4900. The van der Waals surface area contributed by atoms with E-state index in [0.29, 0.717) is 16.5 Å². The molecule has 1 saturated heterocycles. The minimum atomic E-state index is -4.69. The molecule has 8 aromatic rings. The van der Waals surface area contributed by atoms with E-state index in [4.69, 9.17) is 49.1 Å². The number of hydrogen-bond donors (Lipinski definition) is 10. The summed E-state index contributed by atoms with van der Waals surface area (Å²) in [5.74, 6) is -9.99. The Morgan fingerprint density at radius 2 is 1.54 bits per heavy atom. The summed E-state index contributed by atoms with van der Waals surface area (Å²) >= 11 is 4.85. The average Bonchev–Trinajstić information content (AvgIpc) is 1.63. The Morgan fingerprint density at radius 3 is 2.24 bits per heavy atom. The molecule has 6 amide bonds. The summed E-state index contributed by atoms with van der Waals surface area (Å²) < 4.78 is 72.0. The quantitative estimate of drug-likeness (QED) is 0.0181. The zero-order valence-corrected chi connectivity index (χ0v) is 64.2. The second-order valence-electron chi connectivity index (χ2n) is 24.4. The van der Waals surface area contributed by atoms with Crippen LogP contribution in [0.3, 0.4) is 0 Å². The third-order valence-corrected chi connectivity index (χ3v) is 23.5. The van der Waals surface area contributed by atoms with Gasteiger partial charge in [0.25, 0.3) is 29.5 Å². The van der Waals surface area contributed by atoms with Gasteiger partial charge in [0.05, 0.1) is 53.2 Å². The molecule has 12 bridgehead atoms. The van der Waals surface area contributed by atoms with Crippen LogP contribution in [0.15, 0.2) is 56.9 Å². The first-order valence-corrected chi connectivity index (χ1v) is 38.2. The maximum absolute atomic E-state index is 15.2. The number of thioether (sulfide) groups is 1. The molecule has 12 rings (SSSR count). The predicted molar refractivity (Wildman–Crippen MR) is 372 cm³/mol. The number of nitrogens with two attached hydrogens (primary N) is 1. The molecule has 0 saturated carbocycles. The van der Waals surface area contributed by atoms with Crippen molar-refractivity contribution in [2.24, 2.45) is 5.73 Å². The second-order valence-corrected chi connectivity index (χ2v) is 31.5. The van der Waals surface area contributed by atoms with Crippen molar-refractivity contribution in [1.29, 1.82) is 0 Å². The number of hydrogen-bond acceptors (Lipinski definition) is 34. The monoisotopic (exact) mass is 1590 g/mol. The Morgan fingerprint density at radius 1 is 0.886 bits per heavy atom. The van der Waals surface area contributed by atoms with E-state index in [1.165, 1.54) is 66.1 Å². The van der Waals surface area contributed by atoms with Gasteiger partial charge in [0.2, 0.25) is 5.91 Å². The minimum absolute atomic E-state index is 0. The van der Waals surface area contributed by atoms with E-state index >= 15 is 19.2 Å². The summed E-state index contributed by atoms with van der Waals surface area (Å²) in [5, 5.41) is 65.6. The van der Waals surface area contributed by atoms with Crippen LogP contribution in [0, 0.1) is 0 Å². The molecular weight excluding hydrogens is 1520 g/mol. The summed E-state index contributed by atoms with van der Waals surface area (Å²) in [6.07, 6.45) is -7.69. The Kier molecular flexibility index (Phi) is 23.7. The van der Waals surface area contributed by atoms with Gasteiger partial charge in [-0.15, -0.1) is 68.4 Å². The van der Waals surface area contributed by atoms with Gasteiger partial charge in [-0.1, -0.05) is 12.1 Å². The summed E-state index contributed by atoms with van der Waals surface area (Å²) in [7, 11) is 0.108. The molecule has 35 nitrogen and oxygen atoms in total. The summed E-state index contributed by atoms with van der Waals surface area (Å²) in [6.45, 7) is 4.09. The molecule has 0 radical (unpaired) electrons. The number of carbonyl (C=O) groups is 8. The molecular formula is C62H63N14NaO21S7. The van der Waals surface area contributed by atoms with Crippen LogP contribution in [0.2, 0.25) is 0 Å². The average molecular weight is 1590 g/mol. The fourth-order valence-corrected chi connectivity index (χ4v) is 18.1. The number of aliphatic hydroxyl groups is 2. The van der Waals surface area contributed by atoms with Gasteiger partial charge >= 0.3 is 41.5 Å². The van der Waals surface area contributed by atoms with E-state index in [1.807, 2.05) is 0 Å². The van der Waals surface area contributed by atoms with Crippen molar-refractivity contribution in [2.75, 3.05) is 39.3 Å². The van der Waals surface area contributed by atoms with Gasteiger partial charge in [0.1, 0.15) is 120 Å². The molecule has 7 aromatic heterocycles. The van der Waals surface area contributed by atoms with Crippen molar-refractivity contribution in [3.63, 3.8) is 0 Å². The smallest absolute Gasteiger partial charge is 0.748 e. The van der Waals surface area contributed by atoms with Crippen LogP contribution < -0.4 is 61.9 Å². The summed E-state index contributed by atoms with van der Waals surface area (Å²) in [5.41, 5.74) is 2.05. The molecule has 0 spiro atoms. The van der Waals surface area contributed by atoms with Gasteiger partial charge < -0.3 is 90.7 Å². The van der Waals surface area contributed by atoms with E-state index < -0.39 is 166 Å². The molecule has 11 N–H and O–H groups in total. The number of fused-ring (bicyclic) bond motifs is 15. The summed E-state index contributed by atoms with van der Waals surface area (Å²) in [4.78, 5) is 145. The van der Waals surface area contributed by atoms with Crippen molar-refractivity contribution in [3.8, 4) is 38.4 Å². The number of rotatable bonds is 13. The van der Waals surface area contributed by atoms with Crippen molar-refractivity contribution in [2.45, 2.75) is 113 Å². The van der Waals surface area contributed by atoms with Gasteiger partial charge in [0.15, 0.2) is 23.5 Å². The number of methoxy groups -OCH3 is 1. The first-order valence-electron chi connectivity index (χ1n) is 31.2. The maximum Gasteiger partial charge on any atom is 1.00 e. The number of primary amides is 1. The van der Waals surface area contributed by atoms with E-state index in [1.54, 1.807) is 38.9 Å². The molecule has 1 aromatic carbocycles. The molecule has 2 unspecified atom stereocenters. The fourth-order valence-electron chi connectivity index (χ4n) is 12.1. The van der Waals surface area contributed by atoms with Crippen LogP contribution in [0.5, 0.6) is 5.75 Å². The Labute approximate surface area is 641 Å². The number of allylic oxidation sites excluding steroid dienone is 1.